The zero-order valence-corrected chi connectivity index (χ0v) is 15.8. The lowest BCUT2D eigenvalue weighted by Gasteiger charge is -2.06. The van der Waals surface area contributed by atoms with Gasteiger partial charge in [0.25, 0.3) is 5.91 Å². The van der Waals surface area contributed by atoms with Gasteiger partial charge in [0.1, 0.15) is 5.82 Å². The molecule has 0 aliphatic rings. The molecule has 1 heterocycles. The predicted octanol–water partition coefficient (Wildman–Crippen LogP) is 4.09. The number of thiazole rings is 1. The maximum absolute atomic E-state index is 14.3. The van der Waals surface area contributed by atoms with Gasteiger partial charge in [0.2, 0.25) is 0 Å². The fourth-order valence-electron chi connectivity index (χ4n) is 2.57. The normalized spacial score (nSPS) is 12.1. The third-order valence-corrected chi connectivity index (χ3v) is 5.57. The molecule has 8 heteroatoms. The highest BCUT2D eigenvalue weighted by molar-refractivity contribution is 7.98. The monoisotopic (exact) mass is 394 g/mol. The van der Waals surface area contributed by atoms with Crippen LogP contribution in [-0.2, 0) is 11.3 Å². The Morgan fingerprint density at radius 1 is 1.31 bits per heavy atom. The maximum atomic E-state index is 14.3. The van der Waals surface area contributed by atoms with E-state index in [9.17, 15) is 13.6 Å². The van der Waals surface area contributed by atoms with Gasteiger partial charge in [-0.15, -0.1) is 11.8 Å². The smallest absolute Gasteiger partial charge is 0.280 e. The van der Waals surface area contributed by atoms with Gasteiger partial charge >= 0.3 is 0 Å². The van der Waals surface area contributed by atoms with Crippen LogP contribution in [0.15, 0.2) is 46.3 Å². The lowest BCUT2D eigenvalue weighted by molar-refractivity contribution is 0.0994. The van der Waals surface area contributed by atoms with Crippen LogP contribution in [0.3, 0.4) is 0 Å². The Balaban J connectivity index is 2.18. The lowest BCUT2D eigenvalue weighted by Crippen LogP contribution is -2.20. The van der Waals surface area contributed by atoms with Crippen molar-refractivity contribution in [3.05, 3.63) is 58.4 Å². The van der Waals surface area contributed by atoms with E-state index in [0.29, 0.717) is 28.2 Å². The van der Waals surface area contributed by atoms with Crippen LogP contribution >= 0.6 is 23.1 Å². The van der Waals surface area contributed by atoms with Gasteiger partial charge < -0.3 is 9.30 Å². The number of halogens is 2. The number of hydrogen-bond donors (Lipinski definition) is 0. The number of fused-ring (bicyclic) bond motifs is 1. The number of amides is 1. The Labute approximate surface area is 157 Å². The van der Waals surface area contributed by atoms with E-state index in [2.05, 4.69) is 4.99 Å². The number of rotatable bonds is 5. The minimum atomic E-state index is -0.689. The lowest BCUT2D eigenvalue weighted by atomic mass is 10.2. The van der Waals surface area contributed by atoms with E-state index in [0.717, 1.165) is 22.3 Å². The molecule has 0 saturated carbocycles. The van der Waals surface area contributed by atoms with Crippen molar-refractivity contribution in [2.24, 2.45) is 4.99 Å². The molecule has 26 heavy (non-hydrogen) atoms. The van der Waals surface area contributed by atoms with Crippen molar-refractivity contribution in [2.45, 2.75) is 11.4 Å². The summed E-state index contributed by atoms with van der Waals surface area (Å²) in [4.78, 5) is 18.0. The summed E-state index contributed by atoms with van der Waals surface area (Å²) in [6.45, 7) is 0.612. The van der Waals surface area contributed by atoms with Crippen LogP contribution in [0.25, 0.3) is 10.2 Å². The molecule has 1 aromatic heterocycles. The highest BCUT2D eigenvalue weighted by Gasteiger charge is 2.15. The first-order valence-corrected chi connectivity index (χ1v) is 9.78. The quantitative estimate of drug-likeness (QED) is 0.612. The third-order valence-electron chi connectivity index (χ3n) is 3.75. The second-order valence-electron chi connectivity index (χ2n) is 5.38. The van der Waals surface area contributed by atoms with E-state index in [1.54, 1.807) is 16.7 Å². The Kier molecular flexibility index (Phi) is 5.85. The molecule has 136 valence electrons. The zero-order valence-electron chi connectivity index (χ0n) is 14.2. The Morgan fingerprint density at radius 3 is 2.81 bits per heavy atom. The third kappa shape index (κ3) is 3.72. The first-order chi connectivity index (χ1) is 12.5. The molecule has 0 aliphatic carbocycles. The molecule has 3 aromatic rings. The van der Waals surface area contributed by atoms with Crippen LogP contribution in [0.1, 0.15) is 10.4 Å². The summed E-state index contributed by atoms with van der Waals surface area (Å²) in [6, 6.07) is 9.22. The van der Waals surface area contributed by atoms with Crippen LogP contribution in [-0.4, -0.2) is 30.4 Å². The van der Waals surface area contributed by atoms with Crippen molar-refractivity contribution < 1.29 is 18.3 Å². The number of nitrogens with zero attached hydrogens (tertiary/aromatic N) is 2. The second kappa shape index (κ2) is 8.11. The molecule has 2 aromatic carbocycles. The average molecular weight is 394 g/mol. The van der Waals surface area contributed by atoms with E-state index in [1.165, 1.54) is 24.9 Å². The molecule has 3 rings (SSSR count). The van der Waals surface area contributed by atoms with Crippen molar-refractivity contribution in [3.63, 3.8) is 0 Å². The van der Waals surface area contributed by atoms with Gasteiger partial charge in [-0.05, 0) is 24.5 Å². The number of methoxy groups -OCH3 is 1. The summed E-state index contributed by atoms with van der Waals surface area (Å²) >= 11 is 2.52. The number of hydrogen-bond acceptors (Lipinski definition) is 4. The van der Waals surface area contributed by atoms with Crippen molar-refractivity contribution in [2.75, 3.05) is 20.0 Å². The van der Waals surface area contributed by atoms with Crippen LogP contribution in [0.5, 0.6) is 0 Å². The fourth-order valence-corrected chi connectivity index (χ4v) is 4.26. The topological polar surface area (TPSA) is 43.6 Å². The summed E-state index contributed by atoms with van der Waals surface area (Å²) in [5.74, 6) is -1.78. The van der Waals surface area contributed by atoms with Gasteiger partial charge in [-0.25, -0.2) is 8.78 Å². The molecular weight excluding hydrogens is 378 g/mol. The Bertz CT molecular complexity index is 1030. The molecule has 0 aliphatic heterocycles. The molecule has 0 N–H and O–H groups in total. The SMILES string of the molecule is COCCn1c(=NC(=O)c2ccccc2SC)sc2cc(F)cc(F)c21. The standard InChI is InChI=1S/C18H16F2N2O2S2/c1-24-8-7-22-16-13(20)9-11(19)10-15(16)26-18(22)21-17(23)12-5-3-4-6-14(12)25-2/h3-6,9-10H,7-8H2,1-2H3. The predicted molar refractivity (Wildman–Crippen MR) is 99.7 cm³/mol. The van der Waals surface area contributed by atoms with Gasteiger partial charge in [0.15, 0.2) is 10.6 Å². The van der Waals surface area contributed by atoms with Gasteiger partial charge in [0, 0.05) is 24.6 Å². The maximum Gasteiger partial charge on any atom is 0.280 e. The zero-order chi connectivity index (χ0) is 18.7. The number of aromatic nitrogens is 1. The number of benzene rings is 2. The van der Waals surface area contributed by atoms with E-state index in [4.69, 9.17) is 4.74 Å². The molecule has 1 amide bonds. The summed E-state index contributed by atoms with van der Waals surface area (Å²) < 4.78 is 34.9. The van der Waals surface area contributed by atoms with Gasteiger partial charge in [-0.1, -0.05) is 23.5 Å². The average Bonchev–Trinajstić information content (AvgIpc) is 2.96. The number of thioether (sulfide) groups is 1. The Hall–Kier alpha value is -2.03. The summed E-state index contributed by atoms with van der Waals surface area (Å²) in [5, 5.41) is 0. The molecule has 0 saturated heterocycles. The first-order valence-electron chi connectivity index (χ1n) is 7.74. The largest absolute Gasteiger partial charge is 0.383 e. The molecule has 0 unspecified atom stereocenters. The number of carbonyl (C=O) groups excluding carboxylic acids is 1. The van der Waals surface area contributed by atoms with Gasteiger partial charge in [-0.3, -0.25) is 4.79 Å². The molecule has 0 bridgehead atoms. The minimum absolute atomic E-state index is 0.221. The van der Waals surface area contributed by atoms with Crippen LogP contribution in [0.2, 0.25) is 0 Å². The molecule has 0 atom stereocenters. The first kappa shape index (κ1) is 18.8. The Morgan fingerprint density at radius 2 is 2.08 bits per heavy atom. The molecule has 0 radical (unpaired) electrons. The van der Waals surface area contributed by atoms with E-state index in [1.807, 2.05) is 18.4 Å². The van der Waals surface area contributed by atoms with Crippen LogP contribution in [0.4, 0.5) is 8.78 Å². The highest BCUT2D eigenvalue weighted by Crippen LogP contribution is 2.23. The minimum Gasteiger partial charge on any atom is -0.383 e. The van der Waals surface area contributed by atoms with Crippen LogP contribution < -0.4 is 4.80 Å². The van der Waals surface area contributed by atoms with Crippen molar-refractivity contribution in [1.29, 1.82) is 0 Å². The van der Waals surface area contributed by atoms with E-state index >= 15 is 0 Å². The highest BCUT2D eigenvalue weighted by atomic mass is 32.2. The molecule has 0 spiro atoms. The van der Waals surface area contributed by atoms with Crippen molar-refractivity contribution >= 4 is 39.2 Å². The van der Waals surface area contributed by atoms with E-state index in [-0.39, 0.29) is 5.52 Å². The van der Waals surface area contributed by atoms with E-state index < -0.39 is 17.5 Å². The summed E-state index contributed by atoms with van der Waals surface area (Å²) in [6.07, 6.45) is 1.88. The van der Waals surface area contributed by atoms with Gasteiger partial charge in [0.05, 0.1) is 22.4 Å². The number of carbonyl (C=O) groups is 1. The van der Waals surface area contributed by atoms with Crippen molar-refractivity contribution in [1.82, 2.24) is 4.57 Å². The summed E-state index contributed by atoms with van der Waals surface area (Å²) in [5.41, 5.74) is 0.695. The molecule has 0 fully saturated rings. The molecular formula is C18H16F2N2O2S2. The summed E-state index contributed by atoms with van der Waals surface area (Å²) in [7, 11) is 1.53. The molecule has 4 nitrogen and oxygen atoms in total. The van der Waals surface area contributed by atoms with Gasteiger partial charge in [-0.2, -0.15) is 4.99 Å². The second-order valence-corrected chi connectivity index (χ2v) is 7.24. The fraction of sp³-hybridized carbons (Fsp3) is 0.222. The van der Waals surface area contributed by atoms with Crippen LogP contribution in [0, 0.1) is 11.6 Å². The number of ether oxygens (including phenoxy) is 1. The van der Waals surface area contributed by atoms with Crippen molar-refractivity contribution in [3.8, 4) is 0 Å².